The van der Waals surface area contributed by atoms with E-state index in [4.69, 9.17) is 9.15 Å². The van der Waals surface area contributed by atoms with Crippen LogP contribution in [0.4, 0.5) is 0 Å². The third-order valence-electron chi connectivity index (χ3n) is 4.05. The van der Waals surface area contributed by atoms with Crippen LogP contribution in [-0.4, -0.2) is 99.6 Å². The zero-order valence-electron chi connectivity index (χ0n) is 15.6. The maximum atomic E-state index is 12.3. The summed E-state index contributed by atoms with van der Waals surface area (Å²) in [6, 6.07) is 3.37. The molecular weight excluding hydrogens is 338 g/mol. The Bertz CT molecular complexity index is 607. The lowest BCUT2D eigenvalue weighted by atomic mass is 10.3. The molecule has 0 atom stereocenters. The zero-order valence-corrected chi connectivity index (χ0v) is 15.6. The Morgan fingerprint density at radius 2 is 1.96 bits per heavy atom. The van der Waals surface area contributed by atoms with Crippen LogP contribution >= 0.6 is 0 Å². The van der Waals surface area contributed by atoms with Crippen molar-refractivity contribution < 1.29 is 18.7 Å². The molecular formula is C17H27N5O4. The fourth-order valence-electron chi connectivity index (χ4n) is 2.49. The first-order valence-electron chi connectivity index (χ1n) is 8.58. The van der Waals surface area contributed by atoms with Gasteiger partial charge in [-0.05, 0) is 12.1 Å². The molecule has 2 amide bonds. The van der Waals surface area contributed by atoms with Crippen molar-refractivity contribution in [2.24, 2.45) is 4.99 Å². The number of nitrogens with one attached hydrogen (secondary N) is 1. The van der Waals surface area contributed by atoms with E-state index in [0.29, 0.717) is 51.1 Å². The summed E-state index contributed by atoms with van der Waals surface area (Å²) in [7, 11) is 5.04. The minimum Gasteiger partial charge on any atom is -0.459 e. The molecule has 1 aromatic heterocycles. The standard InChI is InChI=1S/C17H27N5O4/c1-20(2)15(23)13-19-17(18-6-12-25-3)22-9-7-21(8-10-22)16(24)14-5-4-11-26-14/h4-5,11H,6-10,12-13H2,1-3H3,(H,18,19). The quantitative estimate of drug-likeness (QED) is 0.424. The summed E-state index contributed by atoms with van der Waals surface area (Å²) in [5, 5.41) is 3.21. The number of piperazine rings is 1. The molecule has 0 aromatic carbocycles. The number of carbonyl (C=O) groups excluding carboxylic acids is 2. The topological polar surface area (TPSA) is 90.6 Å². The normalized spacial score (nSPS) is 15.1. The van der Waals surface area contributed by atoms with Crippen LogP contribution in [0.1, 0.15) is 10.6 Å². The highest BCUT2D eigenvalue weighted by Crippen LogP contribution is 2.09. The van der Waals surface area contributed by atoms with Gasteiger partial charge in [-0.2, -0.15) is 0 Å². The van der Waals surface area contributed by atoms with Crippen LogP contribution in [0.25, 0.3) is 0 Å². The van der Waals surface area contributed by atoms with Gasteiger partial charge in [0.15, 0.2) is 11.7 Å². The lowest BCUT2D eigenvalue weighted by Gasteiger charge is -2.36. The number of guanidine groups is 1. The second-order valence-corrected chi connectivity index (χ2v) is 6.10. The van der Waals surface area contributed by atoms with Crippen molar-refractivity contribution in [3.8, 4) is 0 Å². The van der Waals surface area contributed by atoms with Gasteiger partial charge in [-0.3, -0.25) is 9.59 Å². The molecule has 26 heavy (non-hydrogen) atoms. The Labute approximate surface area is 153 Å². The van der Waals surface area contributed by atoms with Crippen LogP contribution in [0.5, 0.6) is 0 Å². The van der Waals surface area contributed by atoms with Crippen molar-refractivity contribution in [1.29, 1.82) is 0 Å². The molecule has 0 radical (unpaired) electrons. The van der Waals surface area contributed by atoms with Crippen LogP contribution in [0.3, 0.4) is 0 Å². The predicted molar refractivity (Wildman–Crippen MR) is 97.1 cm³/mol. The maximum absolute atomic E-state index is 12.3. The summed E-state index contributed by atoms with van der Waals surface area (Å²) >= 11 is 0. The van der Waals surface area contributed by atoms with Crippen molar-refractivity contribution in [2.75, 3.05) is 67.1 Å². The average Bonchev–Trinajstić information content (AvgIpc) is 3.18. The van der Waals surface area contributed by atoms with Crippen LogP contribution in [0, 0.1) is 0 Å². The van der Waals surface area contributed by atoms with E-state index in [9.17, 15) is 9.59 Å². The molecule has 144 valence electrons. The summed E-state index contributed by atoms with van der Waals surface area (Å²) in [5.41, 5.74) is 0. The number of carbonyl (C=O) groups is 2. The number of likely N-dealkylation sites (N-methyl/N-ethyl adjacent to an activating group) is 1. The van der Waals surface area contributed by atoms with Gasteiger partial charge in [-0.1, -0.05) is 0 Å². The van der Waals surface area contributed by atoms with E-state index >= 15 is 0 Å². The van der Waals surface area contributed by atoms with E-state index in [2.05, 4.69) is 10.3 Å². The Kier molecular flexibility index (Phi) is 7.46. The van der Waals surface area contributed by atoms with Crippen molar-refractivity contribution in [2.45, 2.75) is 0 Å². The SMILES string of the molecule is COCCNC(=NCC(=O)N(C)C)N1CCN(C(=O)c2ccco2)CC1. The van der Waals surface area contributed by atoms with Crippen LogP contribution in [0.2, 0.25) is 0 Å². The number of hydrogen-bond donors (Lipinski definition) is 1. The number of furan rings is 1. The van der Waals surface area contributed by atoms with Crippen LogP contribution in [0.15, 0.2) is 27.8 Å². The number of hydrogen-bond acceptors (Lipinski definition) is 5. The molecule has 1 N–H and O–H groups in total. The molecule has 0 unspecified atom stereocenters. The number of rotatable bonds is 6. The Morgan fingerprint density at radius 3 is 2.54 bits per heavy atom. The minimum absolute atomic E-state index is 0.0670. The maximum Gasteiger partial charge on any atom is 0.289 e. The first-order chi connectivity index (χ1) is 12.5. The van der Waals surface area contributed by atoms with Crippen molar-refractivity contribution in [1.82, 2.24) is 20.0 Å². The molecule has 9 nitrogen and oxygen atoms in total. The van der Waals surface area contributed by atoms with E-state index in [1.807, 2.05) is 4.90 Å². The molecule has 9 heteroatoms. The molecule has 1 aliphatic heterocycles. The van der Waals surface area contributed by atoms with E-state index in [1.165, 1.54) is 11.2 Å². The van der Waals surface area contributed by atoms with Gasteiger partial charge in [0.05, 0.1) is 12.9 Å². The molecule has 0 spiro atoms. The third-order valence-corrected chi connectivity index (χ3v) is 4.05. The summed E-state index contributed by atoms with van der Waals surface area (Å²) < 4.78 is 10.2. The van der Waals surface area contributed by atoms with Crippen molar-refractivity contribution in [3.05, 3.63) is 24.2 Å². The Morgan fingerprint density at radius 1 is 1.27 bits per heavy atom. The highest BCUT2D eigenvalue weighted by atomic mass is 16.5. The van der Waals surface area contributed by atoms with Gasteiger partial charge in [0.25, 0.3) is 5.91 Å². The van der Waals surface area contributed by atoms with Crippen molar-refractivity contribution >= 4 is 17.8 Å². The van der Waals surface area contributed by atoms with Gasteiger partial charge in [0, 0.05) is 53.9 Å². The second kappa shape index (κ2) is 9.81. The first-order valence-corrected chi connectivity index (χ1v) is 8.58. The minimum atomic E-state index is -0.108. The fraction of sp³-hybridized carbons (Fsp3) is 0.588. The zero-order chi connectivity index (χ0) is 18.9. The van der Waals surface area contributed by atoms with Gasteiger partial charge in [-0.25, -0.2) is 4.99 Å². The highest BCUT2D eigenvalue weighted by Gasteiger charge is 2.25. The molecule has 2 rings (SSSR count). The third kappa shape index (κ3) is 5.48. The molecule has 1 aromatic rings. The number of nitrogens with zero attached hydrogens (tertiary/aromatic N) is 4. The highest BCUT2D eigenvalue weighted by molar-refractivity contribution is 5.91. The summed E-state index contributed by atoms with van der Waals surface area (Å²) in [5.74, 6) is 0.829. The molecule has 2 heterocycles. The van der Waals surface area contributed by atoms with Crippen molar-refractivity contribution in [3.63, 3.8) is 0 Å². The predicted octanol–water partition coefficient (Wildman–Crippen LogP) is -0.282. The molecule has 1 aliphatic rings. The number of ether oxygens (including phenoxy) is 1. The van der Waals surface area contributed by atoms with E-state index in [-0.39, 0.29) is 18.4 Å². The van der Waals surface area contributed by atoms with Gasteiger partial charge in [0.1, 0.15) is 6.54 Å². The number of methoxy groups -OCH3 is 1. The largest absolute Gasteiger partial charge is 0.459 e. The second-order valence-electron chi connectivity index (χ2n) is 6.10. The molecule has 0 saturated carbocycles. The molecule has 0 aliphatic carbocycles. The lowest BCUT2D eigenvalue weighted by molar-refractivity contribution is -0.127. The van der Waals surface area contributed by atoms with E-state index in [1.54, 1.807) is 38.2 Å². The van der Waals surface area contributed by atoms with Gasteiger partial charge in [0.2, 0.25) is 5.91 Å². The lowest BCUT2D eigenvalue weighted by Crippen LogP contribution is -2.54. The van der Waals surface area contributed by atoms with Crippen LogP contribution in [-0.2, 0) is 9.53 Å². The summed E-state index contributed by atoms with van der Waals surface area (Å²) in [6.07, 6.45) is 1.50. The first kappa shape index (κ1) is 19.8. The fourth-order valence-corrected chi connectivity index (χ4v) is 2.49. The molecule has 1 fully saturated rings. The van der Waals surface area contributed by atoms with Gasteiger partial charge < -0.3 is 29.2 Å². The Hall–Kier alpha value is -2.55. The number of aliphatic imine (C=N–C) groups is 1. The number of amides is 2. The molecule has 0 bridgehead atoms. The van der Waals surface area contributed by atoms with Gasteiger partial charge >= 0.3 is 0 Å². The van der Waals surface area contributed by atoms with Crippen LogP contribution < -0.4 is 5.32 Å². The monoisotopic (exact) mass is 365 g/mol. The Balaban J connectivity index is 1.94. The summed E-state index contributed by atoms with van der Waals surface area (Å²) in [6.45, 7) is 3.59. The average molecular weight is 365 g/mol. The van der Waals surface area contributed by atoms with Gasteiger partial charge in [-0.15, -0.1) is 0 Å². The van der Waals surface area contributed by atoms with E-state index in [0.717, 1.165) is 0 Å². The molecule has 1 saturated heterocycles. The van der Waals surface area contributed by atoms with E-state index < -0.39 is 0 Å². The smallest absolute Gasteiger partial charge is 0.289 e. The summed E-state index contributed by atoms with van der Waals surface area (Å²) in [4.78, 5) is 33.9.